The van der Waals surface area contributed by atoms with Crippen molar-refractivity contribution in [3.05, 3.63) is 0 Å². The summed E-state index contributed by atoms with van der Waals surface area (Å²) >= 11 is 0. The van der Waals surface area contributed by atoms with Crippen LogP contribution in [-0.4, -0.2) is 18.5 Å². The van der Waals surface area contributed by atoms with Gasteiger partial charge in [-0.2, -0.15) is 0 Å². The highest BCUT2D eigenvalue weighted by molar-refractivity contribution is 5.76. The van der Waals surface area contributed by atoms with Gasteiger partial charge < -0.3 is 11.1 Å². The predicted octanol–water partition coefficient (Wildman–Crippen LogP) is 2.84. The summed E-state index contributed by atoms with van der Waals surface area (Å²) in [6.45, 7) is 5.43. The molecule has 0 radical (unpaired) electrons. The van der Waals surface area contributed by atoms with Crippen LogP contribution in [0.4, 0.5) is 0 Å². The Balaban J connectivity index is 1.76. The molecule has 0 spiro atoms. The molecule has 3 nitrogen and oxygen atoms in total. The average Bonchev–Trinajstić information content (AvgIpc) is 3.09. The lowest BCUT2D eigenvalue weighted by molar-refractivity contribution is -0.122. The van der Waals surface area contributed by atoms with Crippen molar-refractivity contribution < 1.29 is 4.79 Å². The first kappa shape index (κ1) is 14.8. The molecule has 0 bridgehead atoms. The predicted molar refractivity (Wildman–Crippen MR) is 78.7 cm³/mol. The number of hydrogen-bond donors (Lipinski definition) is 2. The van der Waals surface area contributed by atoms with E-state index < -0.39 is 0 Å². The van der Waals surface area contributed by atoms with Crippen LogP contribution in [0.25, 0.3) is 0 Å². The number of hydrogen-bond acceptors (Lipinski definition) is 2. The molecule has 3 heteroatoms. The van der Waals surface area contributed by atoms with Crippen molar-refractivity contribution in [3.8, 4) is 0 Å². The summed E-state index contributed by atoms with van der Waals surface area (Å²) in [6.07, 6.45) is 9.39. The van der Waals surface area contributed by atoms with E-state index in [2.05, 4.69) is 19.2 Å². The standard InChI is InChI=1S/C16H30N2O/c1-12(2)10-16(7-3-4-8-16)11-18-15(19)9-14(17)13-5-6-13/h12-14H,3-11,17H2,1-2H3,(H,18,19). The minimum Gasteiger partial charge on any atom is -0.355 e. The van der Waals surface area contributed by atoms with Crippen LogP contribution in [0.3, 0.4) is 0 Å². The fourth-order valence-electron chi connectivity index (χ4n) is 3.71. The van der Waals surface area contributed by atoms with Gasteiger partial charge in [0.05, 0.1) is 0 Å². The van der Waals surface area contributed by atoms with Crippen LogP contribution in [0.5, 0.6) is 0 Å². The summed E-state index contributed by atoms with van der Waals surface area (Å²) in [7, 11) is 0. The lowest BCUT2D eigenvalue weighted by Gasteiger charge is -2.31. The van der Waals surface area contributed by atoms with Crippen LogP contribution in [0.1, 0.15) is 65.2 Å². The number of carbonyl (C=O) groups is 1. The Labute approximate surface area is 117 Å². The number of nitrogens with one attached hydrogen (secondary N) is 1. The third kappa shape index (κ3) is 4.48. The average molecular weight is 266 g/mol. The molecule has 2 fully saturated rings. The Morgan fingerprint density at radius 1 is 1.32 bits per heavy atom. The number of nitrogens with two attached hydrogens (primary N) is 1. The van der Waals surface area contributed by atoms with Crippen molar-refractivity contribution in [3.63, 3.8) is 0 Å². The third-order valence-corrected chi connectivity index (χ3v) is 4.81. The molecule has 1 atom stereocenters. The topological polar surface area (TPSA) is 55.1 Å². The summed E-state index contributed by atoms with van der Waals surface area (Å²) in [5.74, 6) is 1.49. The number of rotatable bonds is 7. The highest BCUT2D eigenvalue weighted by Crippen LogP contribution is 2.42. The lowest BCUT2D eigenvalue weighted by Crippen LogP contribution is -2.39. The van der Waals surface area contributed by atoms with E-state index in [0.29, 0.717) is 23.7 Å². The van der Waals surface area contributed by atoms with Gasteiger partial charge in [0.25, 0.3) is 0 Å². The Hall–Kier alpha value is -0.570. The zero-order valence-electron chi connectivity index (χ0n) is 12.6. The molecule has 0 aromatic carbocycles. The van der Waals surface area contributed by atoms with Crippen molar-refractivity contribution in [1.82, 2.24) is 5.32 Å². The Bertz CT molecular complexity index is 304. The summed E-state index contributed by atoms with van der Waals surface area (Å²) in [5, 5.41) is 3.17. The van der Waals surface area contributed by atoms with Crippen LogP contribution in [0.15, 0.2) is 0 Å². The molecule has 0 heterocycles. The molecule has 1 unspecified atom stereocenters. The Morgan fingerprint density at radius 3 is 2.47 bits per heavy atom. The largest absolute Gasteiger partial charge is 0.355 e. The van der Waals surface area contributed by atoms with Crippen LogP contribution >= 0.6 is 0 Å². The molecule has 2 rings (SSSR count). The van der Waals surface area contributed by atoms with Gasteiger partial charge in [-0.25, -0.2) is 0 Å². The monoisotopic (exact) mass is 266 g/mol. The highest BCUT2D eigenvalue weighted by Gasteiger charge is 2.35. The molecule has 3 N–H and O–H groups in total. The van der Waals surface area contributed by atoms with Crippen LogP contribution in [0, 0.1) is 17.3 Å². The molecule has 2 saturated carbocycles. The summed E-state index contributed by atoms with van der Waals surface area (Å²) in [4.78, 5) is 12.0. The van der Waals surface area contributed by atoms with Gasteiger partial charge >= 0.3 is 0 Å². The summed E-state index contributed by atoms with van der Waals surface area (Å²) < 4.78 is 0. The molecular formula is C16H30N2O. The zero-order valence-corrected chi connectivity index (χ0v) is 12.6. The van der Waals surface area contributed by atoms with Gasteiger partial charge in [-0.15, -0.1) is 0 Å². The van der Waals surface area contributed by atoms with Gasteiger partial charge in [-0.05, 0) is 49.4 Å². The minimum atomic E-state index is 0.0876. The zero-order chi connectivity index (χ0) is 13.9. The van der Waals surface area contributed by atoms with E-state index >= 15 is 0 Å². The van der Waals surface area contributed by atoms with E-state index in [1.807, 2.05) is 0 Å². The first-order chi connectivity index (χ1) is 9.01. The Morgan fingerprint density at radius 2 is 1.95 bits per heavy atom. The van der Waals surface area contributed by atoms with Crippen LogP contribution in [-0.2, 0) is 4.79 Å². The number of amides is 1. The molecule has 2 aliphatic carbocycles. The van der Waals surface area contributed by atoms with E-state index in [0.717, 1.165) is 6.54 Å². The normalized spacial score (nSPS) is 23.6. The highest BCUT2D eigenvalue weighted by atomic mass is 16.1. The van der Waals surface area contributed by atoms with Gasteiger partial charge in [0.1, 0.15) is 0 Å². The van der Waals surface area contributed by atoms with E-state index in [1.165, 1.54) is 44.9 Å². The maximum Gasteiger partial charge on any atom is 0.221 e. The molecule has 0 aliphatic heterocycles. The van der Waals surface area contributed by atoms with Gasteiger partial charge in [-0.3, -0.25) is 4.79 Å². The quantitative estimate of drug-likeness (QED) is 0.744. The van der Waals surface area contributed by atoms with Crippen molar-refractivity contribution in [2.45, 2.75) is 71.3 Å². The van der Waals surface area contributed by atoms with Gasteiger partial charge in [-0.1, -0.05) is 26.7 Å². The molecule has 19 heavy (non-hydrogen) atoms. The van der Waals surface area contributed by atoms with E-state index in [1.54, 1.807) is 0 Å². The van der Waals surface area contributed by atoms with Crippen LogP contribution < -0.4 is 11.1 Å². The van der Waals surface area contributed by atoms with E-state index in [4.69, 9.17) is 5.73 Å². The second kappa shape index (κ2) is 6.25. The van der Waals surface area contributed by atoms with E-state index in [9.17, 15) is 4.79 Å². The van der Waals surface area contributed by atoms with Gasteiger partial charge in [0, 0.05) is 19.0 Å². The minimum absolute atomic E-state index is 0.0876. The first-order valence-electron chi connectivity index (χ1n) is 8.03. The smallest absolute Gasteiger partial charge is 0.221 e. The van der Waals surface area contributed by atoms with E-state index in [-0.39, 0.29) is 11.9 Å². The molecule has 0 aromatic heterocycles. The SMILES string of the molecule is CC(C)CC1(CNC(=O)CC(N)C2CC2)CCCC1. The molecule has 0 aromatic rings. The molecular weight excluding hydrogens is 236 g/mol. The maximum absolute atomic E-state index is 12.0. The van der Waals surface area contributed by atoms with Crippen molar-refractivity contribution in [2.24, 2.45) is 23.0 Å². The molecule has 1 amide bonds. The fraction of sp³-hybridized carbons (Fsp3) is 0.938. The summed E-state index contributed by atoms with van der Waals surface area (Å²) in [6, 6.07) is 0.0876. The van der Waals surface area contributed by atoms with Crippen molar-refractivity contribution >= 4 is 5.91 Å². The second-order valence-corrected chi connectivity index (χ2v) is 7.29. The van der Waals surface area contributed by atoms with Crippen molar-refractivity contribution in [2.75, 3.05) is 6.54 Å². The van der Waals surface area contributed by atoms with Crippen LogP contribution in [0.2, 0.25) is 0 Å². The summed E-state index contributed by atoms with van der Waals surface area (Å²) in [5.41, 5.74) is 6.39. The second-order valence-electron chi connectivity index (χ2n) is 7.29. The van der Waals surface area contributed by atoms with Gasteiger partial charge in [0.15, 0.2) is 0 Å². The van der Waals surface area contributed by atoms with Crippen molar-refractivity contribution in [1.29, 1.82) is 0 Å². The third-order valence-electron chi connectivity index (χ3n) is 4.81. The first-order valence-corrected chi connectivity index (χ1v) is 8.03. The van der Waals surface area contributed by atoms with Gasteiger partial charge in [0.2, 0.25) is 5.91 Å². The molecule has 110 valence electrons. The lowest BCUT2D eigenvalue weighted by atomic mass is 9.78. The number of carbonyl (C=O) groups excluding carboxylic acids is 1. The molecule has 0 saturated heterocycles. The fourth-order valence-corrected chi connectivity index (χ4v) is 3.71. The molecule has 2 aliphatic rings. The Kier molecular flexibility index (Phi) is 4.88. The maximum atomic E-state index is 12.0.